The van der Waals surface area contributed by atoms with Gasteiger partial charge in [-0.2, -0.15) is 0 Å². The minimum absolute atomic E-state index is 0.366. The minimum atomic E-state index is 0.366. The molecule has 0 nitrogen and oxygen atoms in total. The summed E-state index contributed by atoms with van der Waals surface area (Å²) in [4.78, 5) is 0. The first kappa shape index (κ1) is 4.44. The van der Waals surface area contributed by atoms with E-state index in [0.717, 1.165) is 0 Å². The number of rotatable bonds is 1. The molecule has 0 bridgehead atoms. The van der Waals surface area contributed by atoms with Crippen LogP contribution in [0.25, 0.3) is 0 Å². The van der Waals surface area contributed by atoms with Gasteiger partial charge in [0.25, 0.3) is 0 Å². The summed E-state index contributed by atoms with van der Waals surface area (Å²) in [6.07, 6.45) is 0. The molecule has 0 atom stereocenters. The van der Waals surface area contributed by atoms with Crippen molar-refractivity contribution in [3.8, 4) is 0 Å². The fourth-order valence-corrected chi connectivity index (χ4v) is 0. The molecule has 0 heterocycles. The number of hydrogen-bond donors (Lipinski definition) is 0. The van der Waals surface area contributed by atoms with Crippen molar-refractivity contribution in [2.45, 2.75) is 13.0 Å². The van der Waals surface area contributed by atoms with E-state index in [9.17, 15) is 0 Å². The Morgan fingerprint density at radius 3 is 2.25 bits per heavy atom. The predicted octanol–water partition coefficient (Wildman–Crippen LogP) is 0.974. The molecule has 0 unspecified atom stereocenters. The largest absolute Gasteiger partial charge is 0.143 e. The minimum Gasteiger partial charge on any atom is -0.143 e. The van der Waals surface area contributed by atoms with Gasteiger partial charge < -0.3 is 0 Å². The Morgan fingerprint density at radius 1 is 2.00 bits per heavy atom. The van der Waals surface area contributed by atoms with Crippen molar-refractivity contribution < 1.29 is 0 Å². The molecule has 0 aliphatic rings. The second kappa shape index (κ2) is 3.44. The van der Waals surface area contributed by atoms with Gasteiger partial charge >= 0.3 is 0 Å². The maximum absolute atomic E-state index is 4.64. The highest BCUT2D eigenvalue weighted by atomic mass is 32.2. The van der Waals surface area contributed by atoms with Crippen molar-refractivity contribution in [1.82, 2.24) is 0 Å². The molecule has 4 heavy (non-hydrogen) atoms. The molecule has 0 fully saturated rings. The van der Waals surface area contributed by atoms with Crippen molar-refractivity contribution >= 4 is 19.9 Å². The molecule has 0 amide bonds. The van der Waals surface area contributed by atoms with Crippen molar-refractivity contribution in [3.05, 3.63) is 0 Å². The molecule has 0 radical (unpaired) electrons. The summed E-state index contributed by atoms with van der Waals surface area (Å²) in [5, 5.41) is 0. The van der Waals surface area contributed by atoms with Crippen LogP contribution in [0.2, 0.25) is 6.04 Å². The Bertz CT molecular complexity index is 20.0. The molecule has 0 aromatic heterocycles. The van der Waals surface area contributed by atoms with Gasteiger partial charge in [0.15, 0.2) is 0 Å². The van der Waals surface area contributed by atoms with E-state index in [1.165, 1.54) is 6.04 Å². The summed E-state index contributed by atoms with van der Waals surface area (Å²) in [6, 6.07) is 1.22. The van der Waals surface area contributed by atoms with Crippen molar-refractivity contribution in [1.29, 1.82) is 0 Å². The predicted molar refractivity (Wildman–Crippen MR) is 25.2 cm³/mol. The zero-order valence-corrected chi connectivity index (χ0v) is 4.66. The van der Waals surface area contributed by atoms with E-state index >= 15 is 0 Å². The van der Waals surface area contributed by atoms with E-state index in [4.69, 9.17) is 0 Å². The average Bonchev–Trinajstić information content (AvgIpc) is 1.37. The lowest BCUT2D eigenvalue weighted by atomic mass is 11.0. The Morgan fingerprint density at radius 2 is 2.25 bits per heavy atom. The third-order valence-electron chi connectivity index (χ3n) is 0.167. The van der Waals surface area contributed by atoms with E-state index in [1.54, 1.807) is 0 Å². The highest BCUT2D eigenvalue weighted by molar-refractivity contribution is 7.85. The summed E-state index contributed by atoms with van der Waals surface area (Å²) in [6.45, 7) is 2.11. The van der Waals surface area contributed by atoms with Crippen LogP contribution in [0.3, 0.4) is 0 Å². The van der Waals surface area contributed by atoms with E-state index in [1.807, 2.05) is 0 Å². The Balaban J connectivity index is 2.30. The molecule has 0 saturated heterocycles. The summed E-state index contributed by atoms with van der Waals surface area (Å²) >= 11 is 4.64. The second-order valence-corrected chi connectivity index (χ2v) is 2.72. The van der Waals surface area contributed by atoms with Crippen LogP contribution >= 0.6 is 11.6 Å². The van der Waals surface area contributed by atoms with E-state index in [-0.39, 0.29) is 0 Å². The van der Waals surface area contributed by atoms with Crippen LogP contribution in [-0.4, -0.2) is 8.23 Å². The summed E-state index contributed by atoms with van der Waals surface area (Å²) in [5.74, 6) is 0. The molecule has 0 aliphatic carbocycles. The molecule has 0 saturated carbocycles. The molecule has 0 rings (SSSR count). The highest BCUT2D eigenvalue weighted by Crippen LogP contribution is 1.60. The third kappa shape index (κ3) is 2.44. The summed E-state index contributed by atoms with van der Waals surface area (Å²) in [5.41, 5.74) is 0. The van der Waals surface area contributed by atoms with Gasteiger partial charge in [-0.25, -0.2) is 0 Å². The summed E-state index contributed by atoms with van der Waals surface area (Å²) in [7, 11) is 0.366. The SMILES string of the molecule is CC[SiH]=S. The van der Waals surface area contributed by atoms with Gasteiger partial charge in [0, 0.05) is 0 Å². The van der Waals surface area contributed by atoms with Gasteiger partial charge in [0.1, 0.15) is 0 Å². The monoisotopic (exact) mass is 90.0 g/mol. The van der Waals surface area contributed by atoms with Gasteiger partial charge in [-0.15, -0.1) is 11.6 Å². The van der Waals surface area contributed by atoms with Gasteiger partial charge in [-0.3, -0.25) is 0 Å². The fourth-order valence-electron chi connectivity index (χ4n) is 0. The van der Waals surface area contributed by atoms with Crippen LogP contribution in [0, 0.1) is 0 Å². The molecule has 2 heteroatoms. The Hall–Kier alpha value is 0.437. The molecular formula is C2H6SSi. The maximum atomic E-state index is 4.64. The fraction of sp³-hybridized carbons (Fsp3) is 1.00. The Labute approximate surface area is 33.6 Å². The van der Waals surface area contributed by atoms with Crippen LogP contribution in [-0.2, 0) is 0 Å². The van der Waals surface area contributed by atoms with Gasteiger partial charge in [0.05, 0.1) is 8.23 Å². The number of hydrogen-bond acceptors (Lipinski definition) is 1. The molecule has 0 aromatic carbocycles. The standard InChI is InChI=1S/C2H6SSi/c1-2-4-3/h4H,2H2,1H3. The van der Waals surface area contributed by atoms with Crippen LogP contribution in [0.15, 0.2) is 0 Å². The normalized spacial score (nSPS) is 6.25. The molecule has 0 N–H and O–H groups in total. The molecular weight excluding hydrogens is 84.2 g/mol. The van der Waals surface area contributed by atoms with Crippen LogP contribution in [0.5, 0.6) is 0 Å². The molecule has 0 aliphatic heterocycles. The van der Waals surface area contributed by atoms with Crippen molar-refractivity contribution in [3.63, 3.8) is 0 Å². The molecule has 0 spiro atoms. The lowest BCUT2D eigenvalue weighted by molar-refractivity contribution is 1.48. The zero-order chi connectivity index (χ0) is 3.41. The second-order valence-electron chi connectivity index (χ2n) is 0.575. The molecule has 24 valence electrons. The van der Waals surface area contributed by atoms with Crippen LogP contribution in [0.1, 0.15) is 6.92 Å². The first-order valence-electron chi connectivity index (χ1n) is 1.35. The van der Waals surface area contributed by atoms with E-state index in [2.05, 4.69) is 18.5 Å². The van der Waals surface area contributed by atoms with Crippen LogP contribution in [0.4, 0.5) is 0 Å². The van der Waals surface area contributed by atoms with Gasteiger partial charge in [0.2, 0.25) is 0 Å². The first-order valence-corrected chi connectivity index (χ1v) is 4.05. The summed E-state index contributed by atoms with van der Waals surface area (Å²) < 4.78 is 0. The van der Waals surface area contributed by atoms with E-state index in [0.29, 0.717) is 8.23 Å². The van der Waals surface area contributed by atoms with Crippen LogP contribution < -0.4 is 0 Å². The third-order valence-corrected chi connectivity index (χ3v) is 1.50. The Kier molecular flexibility index (Phi) is 3.81. The van der Waals surface area contributed by atoms with E-state index < -0.39 is 0 Å². The smallest absolute Gasteiger partial charge is 0.0773 e. The highest BCUT2D eigenvalue weighted by Gasteiger charge is 1.50. The topological polar surface area (TPSA) is 0 Å². The van der Waals surface area contributed by atoms with Crippen molar-refractivity contribution in [2.24, 2.45) is 0 Å². The van der Waals surface area contributed by atoms with Gasteiger partial charge in [-0.05, 0) is 6.04 Å². The van der Waals surface area contributed by atoms with Crippen molar-refractivity contribution in [2.75, 3.05) is 0 Å². The maximum Gasteiger partial charge on any atom is 0.0773 e. The van der Waals surface area contributed by atoms with Gasteiger partial charge in [-0.1, -0.05) is 6.92 Å². The lowest BCUT2D eigenvalue weighted by Crippen LogP contribution is -1.51. The lowest BCUT2D eigenvalue weighted by Gasteiger charge is -1.53. The first-order chi connectivity index (χ1) is 1.91. The zero-order valence-electron chi connectivity index (χ0n) is 2.69. The quantitative estimate of drug-likeness (QED) is 0.432. The molecule has 0 aromatic rings. The average molecular weight is 90.2 g/mol.